The van der Waals surface area contributed by atoms with Crippen LogP contribution >= 0.6 is 27.7 Å². The third-order valence-corrected chi connectivity index (χ3v) is 9.01. The monoisotopic (exact) mass is 672 g/mol. The first-order chi connectivity index (χ1) is 19.7. The van der Waals surface area contributed by atoms with Gasteiger partial charge in [0.1, 0.15) is 6.33 Å². The van der Waals surface area contributed by atoms with Crippen LogP contribution in [0.5, 0.6) is 11.5 Å². The average molecular weight is 674 g/mol. The number of piperidine rings is 1. The number of ether oxygens (including phenoxy) is 3. The number of amides is 1. The summed E-state index contributed by atoms with van der Waals surface area (Å²) in [5.74, 6) is -0.0310. The number of nitrogens with two attached hydrogens (primary N) is 1. The summed E-state index contributed by atoms with van der Waals surface area (Å²) in [6.45, 7) is 3.44. The van der Waals surface area contributed by atoms with Crippen LogP contribution in [0.25, 0.3) is 11.2 Å². The second-order valence-corrected chi connectivity index (χ2v) is 11.7. The maximum Gasteiger partial charge on any atom is 1.00 e. The molecule has 4 heterocycles. The predicted octanol–water partition coefficient (Wildman–Crippen LogP) is 0.593. The van der Waals surface area contributed by atoms with E-state index in [2.05, 4.69) is 25.9 Å². The van der Waals surface area contributed by atoms with Gasteiger partial charge in [0.25, 0.3) is 5.91 Å². The van der Waals surface area contributed by atoms with Gasteiger partial charge < -0.3 is 35.9 Å². The number of carbonyl (C=O) groups excluding carboxylic acids is 2. The van der Waals surface area contributed by atoms with Crippen molar-refractivity contribution in [3.8, 4) is 11.5 Å². The van der Waals surface area contributed by atoms with Crippen molar-refractivity contribution in [2.45, 2.75) is 61.7 Å². The number of anilines is 1. The molecule has 0 bridgehead atoms. The van der Waals surface area contributed by atoms with Crippen LogP contribution in [0.15, 0.2) is 33.0 Å². The second-order valence-electron chi connectivity index (χ2n) is 9.80. The molecule has 0 radical (unpaired) electrons. The number of aromatic nitrogens is 4. The fourth-order valence-corrected chi connectivity index (χ4v) is 6.32. The Morgan fingerprint density at radius 1 is 1.21 bits per heavy atom. The number of nitrogens with zero attached hydrogens (tertiary/aromatic N) is 5. The Morgan fingerprint density at radius 3 is 2.64 bits per heavy atom. The normalized spacial score (nSPS) is 15.3. The Kier molecular flexibility index (Phi) is 11.0. The zero-order chi connectivity index (χ0) is 29.1. The van der Waals surface area contributed by atoms with Crippen molar-refractivity contribution in [3.05, 3.63) is 22.9 Å². The van der Waals surface area contributed by atoms with Gasteiger partial charge in [-0.15, -0.1) is 0 Å². The van der Waals surface area contributed by atoms with Crippen LogP contribution in [0.2, 0.25) is 0 Å². The number of fused-ring (bicyclic) bond motifs is 2. The molecule has 0 spiro atoms. The van der Waals surface area contributed by atoms with Crippen LogP contribution in [-0.2, 0) is 25.7 Å². The van der Waals surface area contributed by atoms with E-state index in [1.54, 1.807) is 4.90 Å². The van der Waals surface area contributed by atoms with Crippen LogP contribution < -0.4 is 44.8 Å². The zero-order valence-electron chi connectivity index (χ0n) is 24.2. The van der Waals surface area contributed by atoms with E-state index in [0.29, 0.717) is 54.0 Å². The Bertz CT molecular complexity index is 1490. The molecule has 5 rings (SSSR count). The van der Waals surface area contributed by atoms with E-state index in [-0.39, 0.29) is 56.5 Å². The van der Waals surface area contributed by atoms with Crippen LogP contribution in [0.3, 0.4) is 0 Å². The number of benzene rings is 1. The number of aliphatic carboxylic acids is 1. The number of esters is 1. The molecule has 1 atom stereocenters. The van der Waals surface area contributed by atoms with Gasteiger partial charge in [0.15, 0.2) is 39.7 Å². The van der Waals surface area contributed by atoms with Gasteiger partial charge in [-0.1, -0.05) is 11.8 Å². The summed E-state index contributed by atoms with van der Waals surface area (Å²) < 4.78 is 19.0. The molecule has 2 aliphatic heterocycles. The van der Waals surface area contributed by atoms with Crippen molar-refractivity contribution in [1.82, 2.24) is 24.4 Å². The van der Waals surface area contributed by atoms with E-state index in [4.69, 9.17) is 30.0 Å². The van der Waals surface area contributed by atoms with E-state index in [9.17, 15) is 14.4 Å². The van der Waals surface area contributed by atoms with E-state index < -0.39 is 18.0 Å². The molecule has 1 saturated heterocycles. The molecular formula is C26H30BrN6NaO7S. The number of carboxylic acid groups (broad SMARTS) is 1. The molecule has 0 aliphatic carbocycles. The minimum absolute atomic E-state index is 0. The summed E-state index contributed by atoms with van der Waals surface area (Å²) in [7, 11) is 0. The largest absolute Gasteiger partial charge is 1.00 e. The molecule has 1 amide bonds. The Morgan fingerprint density at radius 2 is 1.93 bits per heavy atom. The molecule has 1 aromatic carbocycles. The van der Waals surface area contributed by atoms with Gasteiger partial charge in [-0.3, -0.25) is 14.4 Å². The average Bonchev–Trinajstić information content (AvgIpc) is 3.55. The van der Waals surface area contributed by atoms with Crippen molar-refractivity contribution >= 4 is 62.5 Å². The number of imidazole rings is 1. The van der Waals surface area contributed by atoms with Gasteiger partial charge >= 0.3 is 41.5 Å². The minimum Gasteiger partial charge on any atom is -1.00 e. The van der Waals surface area contributed by atoms with Crippen LogP contribution in [0.1, 0.15) is 40.5 Å². The topological polar surface area (TPSA) is 172 Å². The van der Waals surface area contributed by atoms with Crippen molar-refractivity contribution < 1.29 is 64.7 Å². The third-order valence-electron chi connectivity index (χ3n) is 7.04. The summed E-state index contributed by atoms with van der Waals surface area (Å²) in [6.07, 6.45) is 2.32. The molecule has 16 heteroatoms. The molecule has 42 heavy (non-hydrogen) atoms. The fraction of sp³-hybridized carbons (Fsp3) is 0.462. The minimum atomic E-state index is -1.09. The van der Waals surface area contributed by atoms with Gasteiger partial charge in [-0.05, 0) is 60.2 Å². The standard InChI is InChI=1S/C26H29BrN6O7S.Na.H/c1-14(40-21(36)3-2-20(34)35)25(37)32-7-4-15(5-8-32)6-9-33-24-22(23(28)29-12-30-24)31-26(33)41-19-11-18-17(10-16(19)27)38-13-39-18;;/h10-12,14-15H,2-9,13H2,1H3,(H,34,35)(H2,28,29,30);;/q;+1;-1/t14-;;/m0../s1. The number of rotatable bonds is 10. The number of halogens is 1. The molecule has 0 saturated carbocycles. The molecule has 13 nitrogen and oxygen atoms in total. The molecule has 0 unspecified atom stereocenters. The van der Waals surface area contributed by atoms with Crippen LogP contribution in [0, 0.1) is 5.92 Å². The summed E-state index contributed by atoms with van der Waals surface area (Å²) in [5, 5.41) is 9.43. The Labute approximate surface area is 277 Å². The van der Waals surface area contributed by atoms with E-state index in [0.717, 1.165) is 33.8 Å². The number of aryl methyl sites for hydroxylation is 1. The predicted molar refractivity (Wildman–Crippen MR) is 152 cm³/mol. The van der Waals surface area contributed by atoms with Gasteiger partial charge in [0.2, 0.25) is 6.79 Å². The maximum atomic E-state index is 12.8. The second kappa shape index (κ2) is 14.3. The van der Waals surface area contributed by atoms with Gasteiger partial charge in [-0.2, -0.15) is 0 Å². The first-order valence-corrected chi connectivity index (χ1v) is 14.7. The van der Waals surface area contributed by atoms with Gasteiger partial charge in [0.05, 0.1) is 12.8 Å². The quantitative estimate of drug-likeness (QED) is 0.227. The van der Waals surface area contributed by atoms with Crippen molar-refractivity contribution in [1.29, 1.82) is 0 Å². The van der Waals surface area contributed by atoms with Crippen LogP contribution in [-0.4, -0.2) is 73.4 Å². The number of hydrogen-bond donors (Lipinski definition) is 2. The first kappa shape index (κ1) is 32.3. The SMILES string of the molecule is C[C@H](OC(=O)CCC(=O)O)C(=O)N1CCC(CCn2c(Sc3cc4c(cc3Br)OCO4)nc3c(N)ncnc32)CC1.[H-].[Na+]. The van der Waals surface area contributed by atoms with E-state index >= 15 is 0 Å². The number of carbonyl (C=O) groups is 3. The van der Waals surface area contributed by atoms with Crippen molar-refractivity contribution in [2.24, 2.45) is 5.92 Å². The summed E-state index contributed by atoms with van der Waals surface area (Å²) >= 11 is 5.08. The van der Waals surface area contributed by atoms with E-state index in [1.807, 2.05) is 16.7 Å². The molecule has 2 aliphatic rings. The van der Waals surface area contributed by atoms with Crippen LogP contribution in [0.4, 0.5) is 5.82 Å². The molecule has 2 aromatic heterocycles. The summed E-state index contributed by atoms with van der Waals surface area (Å²) in [5.41, 5.74) is 7.32. The smallest absolute Gasteiger partial charge is 1.00 e. The van der Waals surface area contributed by atoms with Gasteiger partial charge in [0, 0.05) is 29.0 Å². The number of nitrogen functional groups attached to an aromatic ring is 1. The molecule has 220 valence electrons. The number of hydrogen-bond acceptors (Lipinski definition) is 11. The van der Waals surface area contributed by atoms with Crippen molar-refractivity contribution in [3.63, 3.8) is 0 Å². The number of likely N-dealkylation sites (tertiary alicyclic amines) is 1. The van der Waals surface area contributed by atoms with Gasteiger partial charge in [-0.25, -0.2) is 15.0 Å². The molecule has 1 fully saturated rings. The number of carboxylic acids is 1. The summed E-state index contributed by atoms with van der Waals surface area (Å²) in [6, 6.07) is 3.78. The zero-order valence-corrected chi connectivity index (χ0v) is 27.6. The molecular weight excluding hydrogens is 643 g/mol. The Hall–Kier alpha value is -2.59. The Balaban J connectivity index is 0.00000253. The van der Waals surface area contributed by atoms with Crippen molar-refractivity contribution in [2.75, 3.05) is 25.6 Å². The van der Waals surface area contributed by atoms with E-state index in [1.165, 1.54) is 25.0 Å². The molecule has 3 N–H and O–H groups in total. The maximum absolute atomic E-state index is 12.8. The third kappa shape index (κ3) is 7.48. The fourth-order valence-electron chi connectivity index (χ4n) is 4.81. The summed E-state index contributed by atoms with van der Waals surface area (Å²) in [4.78, 5) is 51.2. The first-order valence-electron chi connectivity index (χ1n) is 13.1. The molecule has 3 aromatic rings.